The molecular formula is C7H11NO2. The van der Waals surface area contributed by atoms with Crippen LogP contribution >= 0.6 is 0 Å². The van der Waals surface area contributed by atoms with Crippen LogP contribution < -0.4 is 0 Å². The zero-order valence-electron chi connectivity index (χ0n) is 6.04. The molecule has 0 spiro atoms. The first kappa shape index (κ1) is 6.16. The molecule has 2 unspecified atom stereocenters. The van der Waals surface area contributed by atoms with Crippen molar-refractivity contribution < 1.29 is 9.53 Å². The van der Waals surface area contributed by atoms with Gasteiger partial charge >= 0.3 is 0 Å². The van der Waals surface area contributed by atoms with Crippen LogP contribution in [0.3, 0.4) is 0 Å². The molecule has 2 atom stereocenters. The van der Waals surface area contributed by atoms with Crippen molar-refractivity contribution in [2.45, 2.75) is 32.1 Å². The second-order valence-corrected chi connectivity index (χ2v) is 2.87. The maximum Gasteiger partial charge on any atom is 0.229 e. The van der Waals surface area contributed by atoms with Crippen molar-refractivity contribution in [3.8, 4) is 0 Å². The van der Waals surface area contributed by atoms with Crippen molar-refractivity contribution in [2.24, 2.45) is 0 Å². The number of ether oxygens (including phenoxy) is 1. The Balaban J connectivity index is 1.99. The molecular weight excluding hydrogens is 130 g/mol. The fourth-order valence-electron chi connectivity index (χ4n) is 1.48. The largest absolute Gasteiger partial charge is 0.353 e. The summed E-state index contributed by atoms with van der Waals surface area (Å²) in [7, 11) is 0. The van der Waals surface area contributed by atoms with Crippen LogP contribution in [-0.4, -0.2) is 29.7 Å². The van der Waals surface area contributed by atoms with Crippen LogP contribution in [0, 0.1) is 0 Å². The van der Waals surface area contributed by atoms with Crippen LogP contribution in [0.4, 0.5) is 0 Å². The molecule has 0 aromatic heterocycles. The first-order valence-electron chi connectivity index (χ1n) is 3.76. The lowest BCUT2D eigenvalue weighted by Gasteiger charge is -2.31. The van der Waals surface area contributed by atoms with E-state index in [1.165, 1.54) is 0 Å². The van der Waals surface area contributed by atoms with Gasteiger partial charge in [-0.3, -0.25) is 4.79 Å². The monoisotopic (exact) mass is 141 g/mol. The minimum absolute atomic E-state index is 0.137. The molecule has 2 fully saturated rings. The third-order valence-electron chi connectivity index (χ3n) is 2.22. The van der Waals surface area contributed by atoms with Gasteiger partial charge in [-0.05, 0) is 6.42 Å². The molecule has 56 valence electrons. The molecule has 0 aromatic carbocycles. The lowest BCUT2D eigenvalue weighted by Crippen LogP contribution is -2.48. The van der Waals surface area contributed by atoms with Crippen LogP contribution in [0.1, 0.15) is 19.8 Å². The molecule has 2 heterocycles. The Morgan fingerprint density at radius 2 is 2.60 bits per heavy atom. The zero-order valence-corrected chi connectivity index (χ0v) is 6.04. The summed E-state index contributed by atoms with van der Waals surface area (Å²) in [4.78, 5) is 12.6. The summed E-state index contributed by atoms with van der Waals surface area (Å²) in [5.74, 6) is 0.251. The van der Waals surface area contributed by atoms with E-state index >= 15 is 0 Å². The fourth-order valence-corrected chi connectivity index (χ4v) is 1.48. The van der Waals surface area contributed by atoms with Gasteiger partial charge in [0, 0.05) is 6.54 Å². The van der Waals surface area contributed by atoms with Crippen LogP contribution in [0.15, 0.2) is 0 Å². The molecule has 2 saturated heterocycles. The fraction of sp³-hybridized carbons (Fsp3) is 0.857. The summed E-state index contributed by atoms with van der Waals surface area (Å²) < 4.78 is 5.48. The predicted octanol–water partition coefficient (Wildman–Crippen LogP) is 0.354. The molecule has 0 aromatic rings. The number of nitrogens with zero attached hydrogens (tertiary/aromatic N) is 1. The normalized spacial score (nSPS) is 37.7. The van der Waals surface area contributed by atoms with E-state index in [9.17, 15) is 4.79 Å². The number of amides is 1. The van der Waals surface area contributed by atoms with Gasteiger partial charge < -0.3 is 9.64 Å². The van der Waals surface area contributed by atoms with Crippen LogP contribution in [0.25, 0.3) is 0 Å². The average molecular weight is 141 g/mol. The summed E-state index contributed by atoms with van der Waals surface area (Å²) >= 11 is 0. The Labute approximate surface area is 60.0 Å². The highest BCUT2D eigenvalue weighted by Crippen LogP contribution is 2.29. The molecule has 3 nitrogen and oxygen atoms in total. The second-order valence-electron chi connectivity index (χ2n) is 2.87. The number of carbonyl (C=O) groups is 1. The van der Waals surface area contributed by atoms with E-state index in [2.05, 4.69) is 6.92 Å². The van der Waals surface area contributed by atoms with E-state index in [4.69, 9.17) is 4.74 Å². The minimum Gasteiger partial charge on any atom is -0.353 e. The maximum atomic E-state index is 10.8. The smallest absolute Gasteiger partial charge is 0.229 e. The van der Waals surface area contributed by atoms with E-state index < -0.39 is 0 Å². The first-order valence-corrected chi connectivity index (χ1v) is 3.76. The molecule has 1 amide bonds. The molecule has 2 rings (SSSR count). The maximum absolute atomic E-state index is 10.8. The molecule has 2 aliphatic rings. The average Bonchev–Trinajstić information content (AvgIpc) is 2.26. The van der Waals surface area contributed by atoms with Crippen molar-refractivity contribution in [1.29, 1.82) is 0 Å². The van der Waals surface area contributed by atoms with Crippen molar-refractivity contribution in [3.63, 3.8) is 0 Å². The number of β-lactam (4-membered cyclic amide) rings is 1. The summed E-state index contributed by atoms with van der Waals surface area (Å²) in [5.41, 5.74) is 0. The van der Waals surface area contributed by atoms with Gasteiger partial charge in [0.25, 0.3) is 0 Å². The zero-order chi connectivity index (χ0) is 7.14. The van der Waals surface area contributed by atoms with E-state index in [1.807, 2.05) is 4.90 Å². The highest BCUT2D eigenvalue weighted by molar-refractivity contribution is 5.82. The first-order chi connectivity index (χ1) is 4.81. The van der Waals surface area contributed by atoms with Gasteiger partial charge in [0.2, 0.25) is 5.91 Å². The molecule has 0 bridgehead atoms. The molecule has 0 saturated carbocycles. The second kappa shape index (κ2) is 1.95. The minimum atomic E-state index is 0.137. The SMILES string of the molecule is CCC1CN2C(=O)CC2O1. The number of hydrogen-bond acceptors (Lipinski definition) is 2. The van der Waals surface area contributed by atoms with Gasteiger partial charge in [-0.1, -0.05) is 6.92 Å². The lowest BCUT2D eigenvalue weighted by atomic mass is 10.2. The Morgan fingerprint density at radius 1 is 1.80 bits per heavy atom. The van der Waals surface area contributed by atoms with Gasteiger partial charge in [0.15, 0.2) is 0 Å². The number of fused-ring (bicyclic) bond motifs is 1. The van der Waals surface area contributed by atoms with Gasteiger partial charge in [-0.25, -0.2) is 0 Å². The van der Waals surface area contributed by atoms with Crippen molar-refractivity contribution in [1.82, 2.24) is 4.90 Å². The Bertz CT molecular complexity index is 169. The van der Waals surface area contributed by atoms with Gasteiger partial charge in [-0.15, -0.1) is 0 Å². The number of rotatable bonds is 1. The molecule has 0 aliphatic carbocycles. The Hall–Kier alpha value is -0.570. The summed E-state index contributed by atoms with van der Waals surface area (Å²) in [6, 6.07) is 0. The molecule has 10 heavy (non-hydrogen) atoms. The lowest BCUT2D eigenvalue weighted by molar-refractivity contribution is -0.156. The Kier molecular flexibility index (Phi) is 1.20. The predicted molar refractivity (Wildman–Crippen MR) is 35.3 cm³/mol. The van der Waals surface area contributed by atoms with Crippen molar-refractivity contribution in [2.75, 3.05) is 6.54 Å². The van der Waals surface area contributed by atoms with Gasteiger partial charge in [0.05, 0.1) is 12.5 Å². The van der Waals surface area contributed by atoms with E-state index in [0.29, 0.717) is 12.5 Å². The molecule has 2 aliphatic heterocycles. The Morgan fingerprint density at radius 3 is 3.10 bits per heavy atom. The van der Waals surface area contributed by atoms with Gasteiger partial charge in [0.1, 0.15) is 6.23 Å². The summed E-state index contributed by atoms with van der Waals surface area (Å²) in [6.45, 7) is 2.90. The third kappa shape index (κ3) is 0.669. The summed E-state index contributed by atoms with van der Waals surface area (Å²) in [5, 5.41) is 0. The van der Waals surface area contributed by atoms with Crippen LogP contribution in [-0.2, 0) is 9.53 Å². The number of hydrogen-bond donors (Lipinski definition) is 0. The third-order valence-corrected chi connectivity index (χ3v) is 2.22. The quantitative estimate of drug-likeness (QED) is 0.493. The standard InChI is InChI=1S/C7H11NO2/c1-2-5-4-8-6(9)3-7(8)10-5/h5,7H,2-4H2,1H3. The van der Waals surface area contributed by atoms with E-state index in [0.717, 1.165) is 13.0 Å². The van der Waals surface area contributed by atoms with Gasteiger partial charge in [-0.2, -0.15) is 0 Å². The number of carbonyl (C=O) groups excluding carboxylic acids is 1. The molecule has 3 heteroatoms. The van der Waals surface area contributed by atoms with Crippen molar-refractivity contribution in [3.05, 3.63) is 0 Å². The molecule has 0 N–H and O–H groups in total. The highest BCUT2D eigenvalue weighted by atomic mass is 16.5. The van der Waals surface area contributed by atoms with Crippen LogP contribution in [0.5, 0.6) is 0 Å². The van der Waals surface area contributed by atoms with E-state index in [-0.39, 0.29) is 12.1 Å². The van der Waals surface area contributed by atoms with Crippen LogP contribution in [0.2, 0.25) is 0 Å². The highest BCUT2D eigenvalue weighted by Gasteiger charge is 2.44. The summed E-state index contributed by atoms with van der Waals surface area (Å²) in [6.07, 6.45) is 2.06. The van der Waals surface area contributed by atoms with E-state index in [1.54, 1.807) is 0 Å². The van der Waals surface area contributed by atoms with Crippen molar-refractivity contribution >= 4 is 5.91 Å². The molecule has 0 radical (unpaired) electrons. The topological polar surface area (TPSA) is 29.5 Å².